The van der Waals surface area contributed by atoms with Crippen LogP contribution in [0.5, 0.6) is 0 Å². The van der Waals surface area contributed by atoms with Crippen LogP contribution in [0.3, 0.4) is 0 Å². The van der Waals surface area contributed by atoms with Gasteiger partial charge in [0.05, 0.1) is 5.69 Å². The highest BCUT2D eigenvalue weighted by atomic mass is 15.1. The third-order valence-electron chi connectivity index (χ3n) is 9.18. The maximum atomic E-state index is 2.41. The van der Waals surface area contributed by atoms with Crippen LogP contribution in [0.25, 0.3) is 65.0 Å². The average Bonchev–Trinajstić information content (AvgIpc) is 3.11. The van der Waals surface area contributed by atoms with Gasteiger partial charge in [0.15, 0.2) is 0 Å². The van der Waals surface area contributed by atoms with Crippen LogP contribution in [0.1, 0.15) is 0 Å². The number of benzene rings is 9. The Morgan fingerprint density at radius 1 is 0.311 bits per heavy atom. The van der Waals surface area contributed by atoms with Gasteiger partial charge in [-0.05, 0) is 89.9 Å². The van der Waals surface area contributed by atoms with Gasteiger partial charge < -0.3 is 4.90 Å². The number of anilines is 3. The van der Waals surface area contributed by atoms with Crippen molar-refractivity contribution in [2.45, 2.75) is 0 Å². The number of fused-ring (bicyclic) bond motifs is 8. The summed E-state index contributed by atoms with van der Waals surface area (Å²) in [5, 5.41) is 12.7. The van der Waals surface area contributed by atoms with Crippen molar-refractivity contribution in [1.82, 2.24) is 0 Å². The summed E-state index contributed by atoms with van der Waals surface area (Å²) in [5.41, 5.74) is 5.86. The van der Waals surface area contributed by atoms with Crippen molar-refractivity contribution in [2.24, 2.45) is 0 Å². The molecule has 9 aromatic rings. The van der Waals surface area contributed by atoms with Crippen molar-refractivity contribution < 1.29 is 0 Å². The van der Waals surface area contributed by atoms with E-state index < -0.39 is 0 Å². The molecule has 0 atom stereocenters. The summed E-state index contributed by atoms with van der Waals surface area (Å²) in [7, 11) is 0. The molecule has 45 heavy (non-hydrogen) atoms. The van der Waals surface area contributed by atoms with Crippen molar-refractivity contribution in [3.63, 3.8) is 0 Å². The number of para-hydroxylation sites is 1. The van der Waals surface area contributed by atoms with Gasteiger partial charge in [-0.2, -0.15) is 0 Å². The first-order chi connectivity index (χ1) is 22.3. The molecule has 9 rings (SSSR count). The quantitative estimate of drug-likeness (QED) is 0.190. The van der Waals surface area contributed by atoms with Crippen molar-refractivity contribution in [3.05, 3.63) is 176 Å². The van der Waals surface area contributed by atoms with Crippen molar-refractivity contribution in [2.75, 3.05) is 4.90 Å². The molecule has 0 aromatic heterocycles. The first-order valence-electron chi connectivity index (χ1n) is 15.5. The number of rotatable bonds is 4. The highest BCUT2D eigenvalue weighted by Crippen LogP contribution is 2.44. The van der Waals surface area contributed by atoms with E-state index in [1.54, 1.807) is 0 Å². The second kappa shape index (κ2) is 10.4. The summed E-state index contributed by atoms with van der Waals surface area (Å²) in [5.74, 6) is 0. The van der Waals surface area contributed by atoms with Gasteiger partial charge in [-0.3, -0.25) is 0 Å². The molecule has 0 saturated carbocycles. The van der Waals surface area contributed by atoms with E-state index in [-0.39, 0.29) is 0 Å². The van der Waals surface area contributed by atoms with Gasteiger partial charge in [0.2, 0.25) is 0 Å². The van der Waals surface area contributed by atoms with Crippen molar-refractivity contribution in [1.29, 1.82) is 0 Å². The lowest BCUT2D eigenvalue weighted by atomic mass is 9.92. The molecule has 0 N–H and O–H groups in total. The molecule has 9 aromatic carbocycles. The van der Waals surface area contributed by atoms with Gasteiger partial charge in [0.25, 0.3) is 0 Å². The van der Waals surface area contributed by atoms with Crippen LogP contribution in [0.4, 0.5) is 17.1 Å². The maximum Gasteiger partial charge on any atom is 0.0540 e. The van der Waals surface area contributed by atoms with E-state index >= 15 is 0 Å². The topological polar surface area (TPSA) is 3.24 Å². The molecule has 0 aliphatic carbocycles. The molecule has 210 valence electrons. The van der Waals surface area contributed by atoms with E-state index in [4.69, 9.17) is 0 Å². The Hall–Kier alpha value is -5.92. The lowest BCUT2D eigenvalue weighted by Gasteiger charge is -2.27. The van der Waals surface area contributed by atoms with E-state index in [0.717, 1.165) is 17.1 Å². The molecule has 0 aliphatic heterocycles. The molecular weight excluding hydrogens is 542 g/mol. The van der Waals surface area contributed by atoms with Crippen LogP contribution in [-0.2, 0) is 0 Å². The second-order valence-electron chi connectivity index (χ2n) is 11.7. The van der Waals surface area contributed by atoms with Crippen molar-refractivity contribution >= 4 is 70.9 Å². The molecule has 0 spiro atoms. The first kappa shape index (κ1) is 25.6. The lowest BCUT2D eigenvalue weighted by molar-refractivity contribution is 1.30. The molecule has 0 saturated heterocycles. The Bertz CT molecular complexity index is 2530. The van der Waals surface area contributed by atoms with E-state index in [2.05, 4.69) is 181 Å². The molecule has 0 aliphatic rings. The molecule has 0 heterocycles. The van der Waals surface area contributed by atoms with E-state index in [1.165, 1.54) is 65.0 Å². The molecule has 0 unspecified atom stereocenters. The zero-order chi connectivity index (χ0) is 29.7. The second-order valence-corrected chi connectivity index (χ2v) is 11.7. The van der Waals surface area contributed by atoms with Crippen molar-refractivity contribution in [3.8, 4) is 11.1 Å². The summed E-state index contributed by atoms with van der Waals surface area (Å²) in [6, 6.07) is 64.0. The van der Waals surface area contributed by atoms with E-state index in [9.17, 15) is 0 Å². The monoisotopic (exact) mass is 571 g/mol. The number of hydrogen-bond acceptors (Lipinski definition) is 1. The van der Waals surface area contributed by atoms with Gasteiger partial charge in [-0.15, -0.1) is 0 Å². The van der Waals surface area contributed by atoms with E-state index in [1.807, 2.05) is 0 Å². The van der Waals surface area contributed by atoms with Gasteiger partial charge in [-0.25, -0.2) is 0 Å². The lowest BCUT2D eigenvalue weighted by Crippen LogP contribution is -2.10. The Labute approximate surface area is 262 Å². The standard InChI is InChI=1S/C44H29N/c1-2-15-35(16-3-1)45(36-17-8-14-34(29-36)38-20-9-13-30-11-4-6-18-37(30)38)42-22-10-21-41-40(42)28-27-33-26-25-32-24-23-31-12-5-7-19-39(31)43(32)44(33)41/h1-29H. The van der Waals surface area contributed by atoms with Crippen LogP contribution in [-0.4, -0.2) is 0 Å². The predicted molar refractivity (Wildman–Crippen MR) is 194 cm³/mol. The van der Waals surface area contributed by atoms with Gasteiger partial charge in [0.1, 0.15) is 0 Å². The Morgan fingerprint density at radius 2 is 0.867 bits per heavy atom. The largest absolute Gasteiger partial charge is 0.310 e. The number of nitrogens with zero attached hydrogens (tertiary/aromatic N) is 1. The third kappa shape index (κ3) is 4.17. The normalized spacial score (nSPS) is 11.6. The minimum atomic E-state index is 1.13. The fourth-order valence-electron chi connectivity index (χ4n) is 7.15. The molecule has 0 bridgehead atoms. The predicted octanol–water partition coefficient (Wildman–Crippen LogP) is 12.6. The molecule has 1 nitrogen and oxygen atoms in total. The number of hydrogen-bond donors (Lipinski definition) is 0. The average molecular weight is 572 g/mol. The van der Waals surface area contributed by atoms with Crippen LogP contribution in [0.2, 0.25) is 0 Å². The molecular formula is C44H29N. The molecule has 0 radical (unpaired) electrons. The summed E-state index contributed by atoms with van der Waals surface area (Å²) in [6.07, 6.45) is 0. The first-order valence-corrected chi connectivity index (χ1v) is 15.5. The Kier molecular flexibility index (Phi) is 5.89. The zero-order valence-electron chi connectivity index (χ0n) is 24.7. The Balaban J connectivity index is 1.32. The van der Waals surface area contributed by atoms with Gasteiger partial charge in [-0.1, -0.05) is 146 Å². The SMILES string of the molecule is c1ccc(N(c2cccc(-c3cccc4ccccc34)c2)c2cccc3c2ccc2ccc4ccc5ccccc5c4c23)cc1. The highest BCUT2D eigenvalue weighted by molar-refractivity contribution is 6.28. The zero-order valence-corrected chi connectivity index (χ0v) is 24.7. The highest BCUT2D eigenvalue weighted by Gasteiger charge is 2.18. The minimum Gasteiger partial charge on any atom is -0.310 e. The fourth-order valence-corrected chi connectivity index (χ4v) is 7.15. The van der Waals surface area contributed by atoms with Gasteiger partial charge >= 0.3 is 0 Å². The minimum absolute atomic E-state index is 1.13. The van der Waals surface area contributed by atoms with Crippen LogP contribution < -0.4 is 4.90 Å². The summed E-state index contributed by atoms with van der Waals surface area (Å²) >= 11 is 0. The third-order valence-corrected chi connectivity index (χ3v) is 9.18. The molecule has 0 fully saturated rings. The maximum absolute atomic E-state index is 2.41. The molecule has 1 heteroatoms. The fraction of sp³-hybridized carbons (Fsp3) is 0. The molecule has 0 amide bonds. The summed E-state index contributed by atoms with van der Waals surface area (Å²) < 4.78 is 0. The van der Waals surface area contributed by atoms with Crippen LogP contribution >= 0.6 is 0 Å². The summed E-state index contributed by atoms with van der Waals surface area (Å²) in [6.45, 7) is 0. The van der Waals surface area contributed by atoms with Gasteiger partial charge in [0, 0.05) is 16.8 Å². The van der Waals surface area contributed by atoms with Crippen LogP contribution in [0, 0.1) is 0 Å². The Morgan fingerprint density at radius 3 is 1.69 bits per heavy atom. The van der Waals surface area contributed by atoms with E-state index in [0.29, 0.717) is 0 Å². The smallest absolute Gasteiger partial charge is 0.0540 e. The summed E-state index contributed by atoms with van der Waals surface area (Å²) in [4.78, 5) is 2.41. The van der Waals surface area contributed by atoms with Crippen LogP contribution in [0.15, 0.2) is 176 Å².